The first-order valence-corrected chi connectivity index (χ1v) is 6.79. The van der Waals surface area contributed by atoms with Crippen molar-refractivity contribution in [3.63, 3.8) is 0 Å². The Morgan fingerprint density at radius 2 is 2.25 bits per heavy atom. The van der Waals surface area contributed by atoms with Gasteiger partial charge >= 0.3 is 0 Å². The Bertz CT molecular complexity index is 482. The van der Waals surface area contributed by atoms with Gasteiger partial charge in [-0.05, 0) is 44.0 Å². The number of hydrogen-bond donors (Lipinski definition) is 1. The van der Waals surface area contributed by atoms with Crippen molar-refractivity contribution in [1.82, 2.24) is 4.90 Å². The molecule has 4 nitrogen and oxygen atoms in total. The molecule has 0 aromatic heterocycles. The molecule has 0 aliphatic carbocycles. The van der Waals surface area contributed by atoms with Crippen molar-refractivity contribution in [3.05, 3.63) is 28.8 Å². The summed E-state index contributed by atoms with van der Waals surface area (Å²) in [6, 6.07) is 5.29. The topological polar surface area (TPSA) is 55.6 Å². The summed E-state index contributed by atoms with van der Waals surface area (Å²) in [4.78, 5) is 14.5. The van der Waals surface area contributed by atoms with Crippen LogP contribution in [0.25, 0.3) is 0 Å². The summed E-state index contributed by atoms with van der Waals surface area (Å²) in [5, 5.41) is 0.534. The summed E-state index contributed by atoms with van der Waals surface area (Å²) in [5.41, 5.74) is 6.21. The molecule has 2 atom stereocenters. The minimum Gasteiger partial charge on any atom is -0.496 e. The van der Waals surface area contributed by atoms with Crippen LogP contribution in [0.1, 0.15) is 23.7 Å². The number of carbonyl (C=O) groups excluding carboxylic acids is 1. The number of likely N-dealkylation sites (tertiary alicyclic amines) is 1. The van der Waals surface area contributed by atoms with E-state index in [1.807, 2.05) is 11.8 Å². The van der Waals surface area contributed by atoms with Gasteiger partial charge in [-0.15, -0.1) is 12.4 Å². The highest BCUT2D eigenvalue weighted by Gasteiger charge is 2.33. The van der Waals surface area contributed by atoms with Gasteiger partial charge in [0, 0.05) is 17.6 Å². The van der Waals surface area contributed by atoms with Gasteiger partial charge in [-0.25, -0.2) is 0 Å². The Morgan fingerprint density at radius 3 is 2.80 bits per heavy atom. The number of nitrogens with two attached hydrogens (primary N) is 1. The average molecular weight is 319 g/mol. The first-order valence-electron chi connectivity index (χ1n) is 6.41. The average Bonchev–Trinajstić information content (AvgIpc) is 2.79. The van der Waals surface area contributed by atoms with E-state index in [2.05, 4.69) is 0 Å². The van der Waals surface area contributed by atoms with Crippen molar-refractivity contribution in [2.75, 3.05) is 20.2 Å². The van der Waals surface area contributed by atoms with E-state index < -0.39 is 0 Å². The molecule has 1 amide bonds. The molecule has 1 aromatic carbocycles. The molecule has 112 valence electrons. The highest BCUT2D eigenvalue weighted by Crippen LogP contribution is 2.29. The van der Waals surface area contributed by atoms with Crippen LogP contribution in [0.4, 0.5) is 0 Å². The lowest BCUT2D eigenvalue weighted by molar-refractivity contribution is 0.0740. The predicted molar refractivity (Wildman–Crippen MR) is 82.9 cm³/mol. The Labute approximate surface area is 130 Å². The third kappa shape index (κ3) is 3.37. The van der Waals surface area contributed by atoms with Crippen LogP contribution in [-0.2, 0) is 0 Å². The third-order valence-electron chi connectivity index (χ3n) is 3.65. The van der Waals surface area contributed by atoms with E-state index in [1.165, 1.54) is 0 Å². The highest BCUT2D eigenvalue weighted by molar-refractivity contribution is 6.31. The molecule has 0 saturated carbocycles. The van der Waals surface area contributed by atoms with Crippen LogP contribution >= 0.6 is 24.0 Å². The molecular weight excluding hydrogens is 299 g/mol. The fourth-order valence-electron chi connectivity index (χ4n) is 2.60. The van der Waals surface area contributed by atoms with Gasteiger partial charge in [0.2, 0.25) is 0 Å². The van der Waals surface area contributed by atoms with Crippen molar-refractivity contribution >= 4 is 29.9 Å². The molecule has 20 heavy (non-hydrogen) atoms. The van der Waals surface area contributed by atoms with E-state index in [9.17, 15) is 4.79 Å². The molecule has 1 aliphatic rings. The van der Waals surface area contributed by atoms with Gasteiger partial charge in [0.1, 0.15) is 5.75 Å². The van der Waals surface area contributed by atoms with Gasteiger partial charge in [0.05, 0.1) is 12.7 Å². The van der Waals surface area contributed by atoms with E-state index in [-0.39, 0.29) is 24.4 Å². The van der Waals surface area contributed by atoms with Gasteiger partial charge in [0.25, 0.3) is 5.91 Å². The van der Waals surface area contributed by atoms with Gasteiger partial charge < -0.3 is 15.4 Å². The standard InChI is InChI=1S/C14H19ClN2O2.ClH/c1-9-5-10(7-16)8-17(9)14(18)12-6-11(15)3-4-13(12)19-2;/h3-4,6,9-10H,5,7-8,16H2,1-2H3;1H. The zero-order valence-electron chi connectivity index (χ0n) is 11.6. The zero-order valence-corrected chi connectivity index (χ0v) is 13.2. The molecule has 1 heterocycles. The van der Waals surface area contributed by atoms with Crippen LogP contribution in [0.5, 0.6) is 5.75 Å². The summed E-state index contributed by atoms with van der Waals surface area (Å²) < 4.78 is 5.24. The maximum atomic E-state index is 12.6. The molecule has 0 bridgehead atoms. The Morgan fingerprint density at radius 1 is 1.55 bits per heavy atom. The number of rotatable bonds is 3. The van der Waals surface area contributed by atoms with Gasteiger partial charge in [-0.1, -0.05) is 11.6 Å². The normalized spacial score (nSPS) is 21.5. The molecule has 1 aliphatic heterocycles. The minimum atomic E-state index is -0.0391. The summed E-state index contributed by atoms with van der Waals surface area (Å²) in [5.74, 6) is 0.893. The van der Waals surface area contributed by atoms with Gasteiger partial charge in [-0.3, -0.25) is 4.79 Å². The molecule has 1 fully saturated rings. The van der Waals surface area contributed by atoms with Gasteiger partial charge in [-0.2, -0.15) is 0 Å². The maximum absolute atomic E-state index is 12.6. The molecule has 0 spiro atoms. The van der Waals surface area contributed by atoms with Crippen molar-refractivity contribution in [1.29, 1.82) is 0 Å². The second-order valence-corrected chi connectivity index (χ2v) is 5.43. The fraction of sp³-hybridized carbons (Fsp3) is 0.500. The first kappa shape index (κ1) is 17.1. The number of methoxy groups -OCH3 is 1. The lowest BCUT2D eigenvalue weighted by Gasteiger charge is -2.22. The Hall–Kier alpha value is -0.970. The summed E-state index contributed by atoms with van der Waals surface area (Å²) >= 11 is 5.97. The number of ether oxygens (including phenoxy) is 1. The molecular formula is C14H20Cl2N2O2. The summed E-state index contributed by atoms with van der Waals surface area (Å²) in [7, 11) is 1.55. The van der Waals surface area contributed by atoms with Crippen LogP contribution in [-0.4, -0.2) is 37.0 Å². The van der Waals surface area contributed by atoms with E-state index in [1.54, 1.807) is 25.3 Å². The monoisotopic (exact) mass is 318 g/mol. The molecule has 6 heteroatoms. The SMILES string of the molecule is COc1ccc(Cl)cc1C(=O)N1CC(CN)CC1C.Cl. The minimum absolute atomic E-state index is 0. The van der Waals surface area contributed by atoms with Crippen LogP contribution in [0.15, 0.2) is 18.2 Å². The highest BCUT2D eigenvalue weighted by atomic mass is 35.5. The Balaban J connectivity index is 0.00000200. The molecule has 1 aromatic rings. The lowest BCUT2D eigenvalue weighted by atomic mass is 10.1. The van der Waals surface area contributed by atoms with Crippen molar-refractivity contribution in [2.45, 2.75) is 19.4 Å². The summed E-state index contributed by atoms with van der Waals surface area (Å²) in [6.45, 7) is 3.36. The smallest absolute Gasteiger partial charge is 0.257 e. The predicted octanol–water partition coefficient (Wildman–Crippen LogP) is 2.58. The molecule has 2 N–H and O–H groups in total. The largest absolute Gasteiger partial charge is 0.496 e. The quantitative estimate of drug-likeness (QED) is 0.932. The second-order valence-electron chi connectivity index (χ2n) is 4.99. The number of carbonyl (C=O) groups is 1. The number of nitrogens with zero attached hydrogens (tertiary/aromatic N) is 1. The Kier molecular flexibility index (Phi) is 6.11. The number of hydrogen-bond acceptors (Lipinski definition) is 3. The maximum Gasteiger partial charge on any atom is 0.257 e. The van der Waals surface area contributed by atoms with Gasteiger partial charge in [0.15, 0.2) is 0 Å². The fourth-order valence-corrected chi connectivity index (χ4v) is 2.77. The van der Waals surface area contributed by atoms with E-state index in [4.69, 9.17) is 22.1 Å². The van der Waals surface area contributed by atoms with Crippen LogP contribution in [0, 0.1) is 5.92 Å². The van der Waals surface area contributed by atoms with Crippen LogP contribution < -0.4 is 10.5 Å². The number of benzene rings is 1. The molecule has 2 rings (SSSR count). The van der Waals surface area contributed by atoms with E-state index in [0.717, 1.165) is 6.42 Å². The third-order valence-corrected chi connectivity index (χ3v) is 3.88. The second kappa shape index (κ2) is 7.16. The van der Waals surface area contributed by atoms with E-state index >= 15 is 0 Å². The first-order chi connectivity index (χ1) is 9.06. The number of halogens is 2. The van der Waals surface area contributed by atoms with E-state index in [0.29, 0.717) is 35.3 Å². The molecule has 2 unspecified atom stereocenters. The zero-order chi connectivity index (χ0) is 14.0. The van der Waals surface area contributed by atoms with Crippen molar-refractivity contribution in [3.8, 4) is 5.75 Å². The van der Waals surface area contributed by atoms with Crippen molar-refractivity contribution in [2.24, 2.45) is 11.7 Å². The lowest BCUT2D eigenvalue weighted by Crippen LogP contribution is -2.34. The molecule has 0 radical (unpaired) electrons. The summed E-state index contributed by atoms with van der Waals surface area (Å²) in [6.07, 6.45) is 0.950. The van der Waals surface area contributed by atoms with Crippen LogP contribution in [0.2, 0.25) is 5.02 Å². The van der Waals surface area contributed by atoms with Crippen molar-refractivity contribution < 1.29 is 9.53 Å². The molecule has 1 saturated heterocycles. The number of amides is 1. The van der Waals surface area contributed by atoms with Crippen LogP contribution in [0.3, 0.4) is 0 Å².